The Morgan fingerprint density at radius 2 is 2.04 bits per heavy atom. The molecule has 1 aromatic rings. The Morgan fingerprint density at radius 1 is 1.30 bits per heavy atom. The number of carbonyl (C=O) groups is 1. The van der Waals surface area contributed by atoms with Gasteiger partial charge < -0.3 is 5.32 Å². The minimum absolute atomic E-state index is 0.0189. The van der Waals surface area contributed by atoms with E-state index in [9.17, 15) is 13.2 Å². The van der Waals surface area contributed by atoms with Crippen LogP contribution in [0, 0.1) is 5.92 Å². The van der Waals surface area contributed by atoms with Crippen molar-refractivity contribution >= 4 is 21.6 Å². The van der Waals surface area contributed by atoms with E-state index in [1.807, 2.05) is 0 Å². The van der Waals surface area contributed by atoms with Crippen LogP contribution in [0.3, 0.4) is 0 Å². The van der Waals surface area contributed by atoms with Gasteiger partial charge in [0.15, 0.2) is 0 Å². The topological polar surface area (TPSA) is 75.3 Å². The summed E-state index contributed by atoms with van der Waals surface area (Å²) in [7, 11) is -3.36. The van der Waals surface area contributed by atoms with Crippen LogP contribution in [0.5, 0.6) is 0 Å². The van der Waals surface area contributed by atoms with Crippen LogP contribution in [0.4, 0.5) is 5.69 Å². The number of sulfonamides is 1. The zero-order chi connectivity index (χ0) is 16.7. The van der Waals surface area contributed by atoms with Crippen LogP contribution in [0.15, 0.2) is 49.1 Å². The molecule has 1 aromatic carbocycles. The summed E-state index contributed by atoms with van der Waals surface area (Å²) in [5.41, 5.74) is 1.34. The summed E-state index contributed by atoms with van der Waals surface area (Å²) >= 11 is 0. The number of hydrogen-bond donors (Lipinski definition) is 2. The average molecular weight is 334 g/mol. The van der Waals surface area contributed by atoms with Gasteiger partial charge in [-0.15, -0.1) is 6.58 Å². The fourth-order valence-electron chi connectivity index (χ4n) is 2.46. The standard InChI is InChI=1S/C17H22N2O3S/c1-2-11-18-23(21,22)13-15-7-9-16(10-8-15)19-17(20)12-14-5-3-4-6-14/h2-3,5,7-10,14,18H,1,4,6,11-13H2,(H,19,20). The van der Waals surface area contributed by atoms with E-state index in [-0.39, 0.29) is 18.2 Å². The van der Waals surface area contributed by atoms with Gasteiger partial charge in [-0.3, -0.25) is 4.79 Å². The van der Waals surface area contributed by atoms with Gasteiger partial charge in [-0.05, 0) is 36.5 Å². The van der Waals surface area contributed by atoms with E-state index >= 15 is 0 Å². The third-order valence-corrected chi connectivity index (χ3v) is 4.92. The zero-order valence-electron chi connectivity index (χ0n) is 13.0. The summed E-state index contributed by atoms with van der Waals surface area (Å²) in [6.45, 7) is 3.69. The number of nitrogens with one attached hydrogen (secondary N) is 2. The third-order valence-electron chi connectivity index (χ3n) is 3.60. The first-order chi connectivity index (χ1) is 11.0. The molecule has 23 heavy (non-hydrogen) atoms. The molecule has 6 heteroatoms. The van der Waals surface area contributed by atoms with E-state index in [0.717, 1.165) is 12.8 Å². The van der Waals surface area contributed by atoms with Crippen molar-refractivity contribution in [1.82, 2.24) is 4.72 Å². The molecule has 5 nitrogen and oxygen atoms in total. The van der Waals surface area contributed by atoms with Gasteiger partial charge in [-0.1, -0.05) is 30.4 Å². The van der Waals surface area contributed by atoms with E-state index in [0.29, 0.717) is 23.6 Å². The lowest BCUT2D eigenvalue weighted by Gasteiger charge is -2.10. The van der Waals surface area contributed by atoms with Gasteiger partial charge in [0.1, 0.15) is 0 Å². The summed E-state index contributed by atoms with van der Waals surface area (Å²) in [6, 6.07) is 6.86. The Kier molecular flexibility index (Phi) is 6.12. The average Bonchev–Trinajstić information content (AvgIpc) is 3.00. The molecule has 0 saturated carbocycles. The van der Waals surface area contributed by atoms with Crippen LogP contribution >= 0.6 is 0 Å². The van der Waals surface area contributed by atoms with Crippen molar-refractivity contribution in [3.8, 4) is 0 Å². The Morgan fingerprint density at radius 3 is 2.65 bits per heavy atom. The molecule has 2 N–H and O–H groups in total. The molecule has 1 aliphatic rings. The maximum atomic E-state index is 11.9. The number of rotatable bonds is 8. The van der Waals surface area contributed by atoms with Gasteiger partial charge in [-0.2, -0.15) is 0 Å². The molecule has 0 spiro atoms. The molecule has 0 aliphatic heterocycles. The summed E-state index contributed by atoms with van der Waals surface area (Å²) in [6.07, 6.45) is 8.24. The lowest BCUT2D eigenvalue weighted by atomic mass is 10.1. The fourth-order valence-corrected chi connectivity index (χ4v) is 3.56. The number of amides is 1. The van der Waals surface area contributed by atoms with Crippen LogP contribution in [0.1, 0.15) is 24.8 Å². The molecule has 0 aromatic heterocycles. The normalized spacial score (nSPS) is 17.1. The number of anilines is 1. The molecule has 1 aliphatic carbocycles. The Bertz CT molecular complexity index is 678. The second-order valence-electron chi connectivity index (χ2n) is 5.61. The number of hydrogen-bond acceptors (Lipinski definition) is 3. The predicted octanol–water partition coefficient (Wildman–Crippen LogP) is 2.59. The molecule has 1 atom stereocenters. The van der Waals surface area contributed by atoms with E-state index in [2.05, 4.69) is 28.8 Å². The molecule has 0 fully saturated rings. The monoisotopic (exact) mass is 334 g/mol. The van der Waals surface area contributed by atoms with E-state index < -0.39 is 10.0 Å². The largest absolute Gasteiger partial charge is 0.326 e. The number of carbonyl (C=O) groups excluding carboxylic acids is 1. The SMILES string of the molecule is C=CCNS(=O)(=O)Cc1ccc(NC(=O)CC2C=CCC2)cc1. The molecular formula is C17H22N2O3S. The van der Waals surface area contributed by atoms with Gasteiger partial charge in [0.05, 0.1) is 5.75 Å². The van der Waals surface area contributed by atoms with Crippen molar-refractivity contribution in [3.63, 3.8) is 0 Å². The zero-order valence-corrected chi connectivity index (χ0v) is 13.8. The van der Waals surface area contributed by atoms with Crippen LogP contribution in [-0.4, -0.2) is 20.9 Å². The van der Waals surface area contributed by atoms with Gasteiger partial charge in [0.25, 0.3) is 0 Å². The highest BCUT2D eigenvalue weighted by molar-refractivity contribution is 7.88. The lowest BCUT2D eigenvalue weighted by Crippen LogP contribution is -2.25. The molecule has 0 radical (unpaired) electrons. The molecule has 0 bridgehead atoms. The first-order valence-electron chi connectivity index (χ1n) is 7.62. The van der Waals surface area contributed by atoms with E-state index in [4.69, 9.17) is 0 Å². The van der Waals surface area contributed by atoms with Gasteiger partial charge in [0, 0.05) is 18.7 Å². The van der Waals surface area contributed by atoms with Crippen molar-refractivity contribution in [2.75, 3.05) is 11.9 Å². The highest BCUT2D eigenvalue weighted by Gasteiger charge is 2.14. The number of benzene rings is 1. The van der Waals surface area contributed by atoms with Gasteiger partial charge in [-0.25, -0.2) is 13.1 Å². The maximum absolute atomic E-state index is 11.9. The predicted molar refractivity (Wildman–Crippen MR) is 92.4 cm³/mol. The highest BCUT2D eigenvalue weighted by Crippen LogP contribution is 2.21. The minimum Gasteiger partial charge on any atom is -0.326 e. The summed E-state index contributed by atoms with van der Waals surface area (Å²) < 4.78 is 26.0. The van der Waals surface area contributed by atoms with Crippen LogP contribution in [-0.2, 0) is 20.6 Å². The molecule has 124 valence electrons. The first-order valence-corrected chi connectivity index (χ1v) is 9.27. The van der Waals surface area contributed by atoms with Crippen molar-refractivity contribution in [2.45, 2.75) is 25.0 Å². The second-order valence-corrected chi connectivity index (χ2v) is 7.42. The van der Waals surface area contributed by atoms with E-state index in [1.165, 1.54) is 6.08 Å². The van der Waals surface area contributed by atoms with Crippen LogP contribution in [0.2, 0.25) is 0 Å². The van der Waals surface area contributed by atoms with Crippen molar-refractivity contribution in [3.05, 3.63) is 54.6 Å². The molecule has 0 heterocycles. The van der Waals surface area contributed by atoms with Crippen LogP contribution < -0.4 is 10.0 Å². The third kappa shape index (κ3) is 6.00. The Labute approximate surface area is 137 Å². The summed E-state index contributed by atoms with van der Waals surface area (Å²) in [4.78, 5) is 11.9. The Balaban J connectivity index is 1.87. The Hall–Kier alpha value is -1.92. The number of allylic oxidation sites excluding steroid dienone is 2. The summed E-state index contributed by atoms with van der Waals surface area (Å²) in [5.74, 6) is 0.215. The lowest BCUT2D eigenvalue weighted by molar-refractivity contribution is -0.116. The maximum Gasteiger partial charge on any atom is 0.224 e. The smallest absolute Gasteiger partial charge is 0.224 e. The second kappa shape index (κ2) is 8.08. The molecular weight excluding hydrogens is 312 g/mol. The van der Waals surface area contributed by atoms with Crippen LogP contribution in [0.25, 0.3) is 0 Å². The highest BCUT2D eigenvalue weighted by atomic mass is 32.2. The first kappa shape index (κ1) is 17.4. The molecule has 1 amide bonds. The fraction of sp³-hybridized carbons (Fsp3) is 0.353. The summed E-state index contributed by atoms with van der Waals surface area (Å²) in [5, 5.41) is 2.84. The van der Waals surface area contributed by atoms with Crippen molar-refractivity contribution < 1.29 is 13.2 Å². The molecule has 2 rings (SSSR count). The molecule has 0 saturated heterocycles. The van der Waals surface area contributed by atoms with E-state index in [1.54, 1.807) is 24.3 Å². The van der Waals surface area contributed by atoms with Gasteiger partial charge >= 0.3 is 0 Å². The van der Waals surface area contributed by atoms with Crippen molar-refractivity contribution in [2.24, 2.45) is 5.92 Å². The molecule has 1 unspecified atom stereocenters. The van der Waals surface area contributed by atoms with Gasteiger partial charge in [0.2, 0.25) is 15.9 Å². The minimum atomic E-state index is -3.36. The van der Waals surface area contributed by atoms with Crippen molar-refractivity contribution in [1.29, 1.82) is 0 Å². The quantitative estimate of drug-likeness (QED) is 0.718.